The van der Waals surface area contributed by atoms with E-state index in [0.717, 1.165) is 107 Å². The Kier molecular flexibility index (Phi) is 22.8. The highest BCUT2D eigenvalue weighted by Crippen LogP contribution is 2.51. The summed E-state index contributed by atoms with van der Waals surface area (Å²) in [4.78, 5) is 0. The molecule has 4 nitrogen and oxygen atoms in total. The van der Waals surface area contributed by atoms with Crippen LogP contribution in [0, 0.1) is 27.7 Å². The maximum Gasteiger partial charge on any atom is 0.347 e. The predicted molar refractivity (Wildman–Crippen MR) is 487 cm³/mol. The molecule has 0 radical (unpaired) electrons. The van der Waals surface area contributed by atoms with Crippen LogP contribution in [0.1, 0.15) is 56.3 Å². The Bertz CT molecular complexity index is 4740. The molecule has 12 heteroatoms. The second-order valence-corrected chi connectivity index (χ2v) is 43.9. The molecule has 0 aliphatic heterocycles. The summed E-state index contributed by atoms with van der Waals surface area (Å²) in [7, 11) is -13.8. The first kappa shape index (κ1) is 76.7. The fourth-order valence-electron chi connectivity index (χ4n) is 16.8. The Morgan fingerprint density at radius 2 is 0.289 bits per heavy atom. The molecule has 0 saturated carbocycles. The fourth-order valence-corrected chi connectivity index (χ4v) is 34.0. The van der Waals surface area contributed by atoms with E-state index in [4.69, 9.17) is 64.1 Å². The summed E-state index contributed by atoms with van der Waals surface area (Å²) in [5, 5.41) is 14.5. The lowest BCUT2D eigenvalue weighted by atomic mass is 9.72. The summed E-state index contributed by atoms with van der Waals surface area (Å²) < 4.78 is 31.9. The van der Waals surface area contributed by atoms with Gasteiger partial charge in [-0.3, -0.25) is 0 Å². The molecule has 0 amide bonds. The molecule has 0 aliphatic rings. The molecule has 114 heavy (non-hydrogen) atoms. The Hall–Kier alpha value is -11.3. The molecule has 0 aliphatic carbocycles. The summed E-state index contributed by atoms with van der Waals surface area (Å²) in [6, 6.07) is 145. The van der Waals surface area contributed by atoms with Gasteiger partial charge in [-0.2, -0.15) is 0 Å². The molecule has 0 N–H and O–H groups in total. The van der Waals surface area contributed by atoms with Gasteiger partial charge in [-0.25, -0.2) is 0 Å². The Morgan fingerprint density at radius 3 is 0.395 bits per heavy atom. The van der Waals surface area contributed by atoms with E-state index >= 15 is 0 Å². The van der Waals surface area contributed by atoms with Crippen molar-refractivity contribution < 1.29 is 17.7 Å². The second kappa shape index (κ2) is 33.8. The Morgan fingerprint density at radius 1 is 0.175 bits per heavy atom. The number of hydrogen-bond donors (Lipinski definition) is 0. The van der Waals surface area contributed by atoms with Gasteiger partial charge < -0.3 is 17.7 Å². The quantitative estimate of drug-likeness (QED) is 0.0422. The number of aryl methyl sites for hydroxylation is 4. The van der Waals surface area contributed by atoms with E-state index in [1.165, 1.54) is 0 Å². The summed E-state index contributed by atoms with van der Waals surface area (Å²) >= 11 is 32.9. The maximum atomic E-state index is 8.22. The standard InChI is InChI=1S/C102H82Cl4O4Si4/c1-73-65-77(69-93(103)99(73)107-111(81-41-17-5-18-42-81,82-43-19-6-20-44-82)83-45-21-7-22-46-83)97(78-66-74(2)100(94(104)70-78)108-112(84-47-23-8-24-48-84,85-49-25-9-26-50-85)86-51-27-10-28-52-86)98(79-67-75(3)101(95(105)71-79)109-113(87-53-29-11-30-54-87,88-55-31-12-32-56-88)89-57-33-13-34-58-89)80-68-76(4)102(96(106)72-80)110-114(90-59-35-14-36-60-90,91-61-37-15-38-62-91)92-63-39-16-40-64-92/h5-72,97-98H,1-4H3. The van der Waals surface area contributed by atoms with Crippen molar-refractivity contribution in [1.82, 2.24) is 0 Å². The first-order chi connectivity index (χ1) is 55.8. The van der Waals surface area contributed by atoms with Crippen LogP contribution in [-0.2, 0) is 0 Å². The van der Waals surface area contributed by atoms with E-state index < -0.39 is 45.1 Å². The molecule has 16 aromatic carbocycles. The number of halogens is 4. The monoisotopic (exact) mass is 1620 g/mol. The third-order valence-corrected chi connectivity index (χ3v) is 38.9. The minimum atomic E-state index is -3.44. The highest BCUT2D eigenvalue weighted by atomic mass is 35.5. The minimum Gasteiger partial charge on any atom is -0.529 e. The molecule has 0 bridgehead atoms. The molecule has 558 valence electrons. The van der Waals surface area contributed by atoms with E-state index in [1.54, 1.807) is 0 Å². The van der Waals surface area contributed by atoms with Crippen LogP contribution in [0.2, 0.25) is 20.1 Å². The first-order valence-corrected chi connectivity index (χ1v) is 47.6. The van der Waals surface area contributed by atoms with Gasteiger partial charge in [0.2, 0.25) is 0 Å². The van der Waals surface area contributed by atoms with Gasteiger partial charge in [0.05, 0.1) is 20.1 Å². The number of rotatable bonds is 25. The molecule has 0 aromatic heterocycles. The maximum absolute atomic E-state index is 8.22. The fraction of sp³-hybridized carbons (Fsp3) is 0.0588. The van der Waals surface area contributed by atoms with Crippen molar-refractivity contribution in [1.29, 1.82) is 0 Å². The number of hydrogen-bond acceptors (Lipinski definition) is 4. The lowest BCUT2D eigenvalue weighted by molar-refractivity contribution is 0.566. The average molecular weight is 1630 g/mol. The van der Waals surface area contributed by atoms with E-state index in [9.17, 15) is 0 Å². The first-order valence-electron chi connectivity index (χ1n) is 38.4. The van der Waals surface area contributed by atoms with Gasteiger partial charge in [-0.15, -0.1) is 0 Å². The second-order valence-electron chi connectivity index (χ2n) is 29.1. The van der Waals surface area contributed by atoms with Gasteiger partial charge in [-0.05, 0) is 159 Å². The molecule has 16 rings (SSSR count). The van der Waals surface area contributed by atoms with Gasteiger partial charge in [0.1, 0.15) is 23.0 Å². The van der Waals surface area contributed by atoms with E-state index in [2.05, 4.69) is 440 Å². The number of benzene rings is 16. The van der Waals surface area contributed by atoms with Crippen LogP contribution in [0.3, 0.4) is 0 Å². The highest BCUT2D eigenvalue weighted by Gasteiger charge is 2.50. The molecular formula is C102H82Cl4O4Si4. The molecule has 0 atom stereocenters. The zero-order valence-corrected chi connectivity index (χ0v) is 70.6. The molecule has 0 heterocycles. The topological polar surface area (TPSA) is 36.9 Å². The van der Waals surface area contributed by atoms with E-state index in [1.807, 2.05) is 0 Å². The van der Waals surface area contributed by atoms with Crippen LogP contribution in [0.4, 0.5) is 0 Å². The van der Waals surface area contributed by atoms with Crippen molar-refractivity contribution in [2.45, 2.75) is 39.5 Å². The zero-order chi connectivity index (χ0) is 78.2. The van der Waals surface area contributed by atoms with Crippen molar-refractivity contribution in [2.24, 2.45) is 0 Å². The summed E-state index contributed by atoms with van der Waals surface area (Å²) in [6.07, 6.45) is 0. The summed E-state index contributed by atoms with van der Waals surface area (Å²) in [5.74, 6) is 1.06. The van der Waals surface area contributed by atoms with Gasteiger partial charge in [0.25, 0.3) is 0 Å². The molecule has 0 unspecified atom stereocenters. The predicted octanol–water partition coefficient (Wildman–Crippen LogP) is 18.7. The molecular weight excluding hydrogens is 1540 g/mol. The van der Waals surface area contributed by atoms with E-state index in [0.29, 0.717) is 43.1 Å². The van der Waals surface area contributed by atoms with Crippen molar-refractivity contribution in [3.63, 3.8) is 0 Å². The smallest absolute Gasteiger partial charge is 0.347 e. The third kappa shape index (κ3) is 14.7. The van der Waals surface area contributed by atoms with Gasteiger partial charge in [0, 0.05) is 11.8 Å². The third-order valence-electron chi connectivity index (χ3n) is 22.0. The minimum absolute atomic E-state index is 0.435. The molecule has 0 saturated heterocycles. The summed E-state index contributed by atoms with van der Waals surface area (Å²) in [6.45, 7) is 8.44. The van der Waals surface area contributed by atoms with Crippen LogP contribution in [0.25, 0.3) is 0 Å². The zero-order valence-electron chi connectivity index (χ0n) is 63.6. The van der Waals surface area contributed by atoms with Crippen molar-refractivity contribution in [3.05, 3.63) is 477 Å². The van der Waals surface area contributed by atoms with Gasteiger partial charge in [0.15, 0.2) is 0 Å². The highest BCUT2D eigenvalue weighted by molar-refractivity contribution is 7.09. The Labute approximate surface area is 693 Å². The van der Waals surface area contributed by atoms with Crippen LogP contribution in [-0.4, -0.2) is 33.3 Å². The largest absolute Gasteiger partial charge is 0.529 e. The summed E-state index contributed by atoms with van der Waals surface area (Å²) in [5.41, 5.74) is 6.83. The van der Waals surface area contributed by atoms with Crippen LogP contribution in [0.5, 0.6) is 23.0 Å². The van der Waals surface area contributed by atoms with Crippen molar-refractivity contribution >= 4 is 142 Å². The molecule has 16 aromatic rings. The van der Waals surface area contributed by atoms with Crippen LogP contribution in [0.15, 0.2) is 413 Å². The van der Waals surface area contributed by atoms with Gasteiger partial charge in [-0.1, -0.05) is 435 Å². The van der Waals surface area contributed by atoms with Crippen molar-refractivity contribution in [3.8, 4) is 23.0 Å². The lowest BCUT2D eigenvalue weighted by Gasteiger charge is -2.37. The Balaban J connectivity index is 0.954. The lowest BCUT2D eigenvalue weighted by Crippen LogP contribution is -2.71. The average Bonchev–Trinajstić information content (AvgIpc) is 0.763. The van der Waals surface area contributed by atoms with Crippen LogP contribution < -0.4 is 79.9 Å². The normalized spacial score (nSPS) is 11.8. The van der Waals surface area contributed by atoms with E-state index in [-0.39, 0.29) is 0 Å². The van der Waals surface area contributed by atoms with Crippen LogP contribution >= 0.6 is 46.4 Å². The molecule has 0 spiro atoms. The SMILES string of the molecule is Cc1cc(C(c2cc(C)c(O[Si](c3ccccc3)(c3ccccc3)c3ccccc3)c(Cl)c2)C(c2cc(C)c(O[Si](c3ccccc3)(c3ccccc3)c3ccccc3)c(Cl)c2)c2cc(C)c(O[Si](c3ccccc3)(c3ccccc3)c3ccccc3)c(Cl)c2)cc(Cl)c1O[Si](c1ccccc1)(c1ccccc1)c1ccccc1. The molecule has 0 fully saturated rings. The van der Waals surface area contributed by atoms with Gasteiger partial charge >= 0.3 is 33.3 Å². The van der Waals surface area contributed by atoms with Crippen molar-refractivity contribution in [2.75, 3.05) is 0 Å².